The fraction of sp³-hybridized carbons (Fsp3) is 0.462. The van der Waals surface area contributed by atoms with E-state index in [1.807, 2.05) is 0 Å². The summed E-state index contributed by atoms with van der Waals surface area (Å²) in [6, 6.07) is 1.68. The number of ether oxygens (including phenoxy) is 2. The first-order valence-corrected chi connectivity index (χ1v) is 6.24. The molecule has 1 aromatic carbocycles. The molecule has 1 atom stereocenters. The predicted molar refractivity (Wildman–Crippen MR) is 76.0 cm³/mol. The van der Waals surface area contributed by atoms with E-state index < -0.39 is 17.5 Å². The Bertz CT molecular complexity index is 497. The Hall–Kier alpha value is -1.44. The number of anilines is 1. The van der Waals surface area contributed by atoms with E-state index in [0.717, 1.165) is 12.1 Å². The van der Waals surface area contributed by atoms with E-state index in [2.05, 4.69) is 15.4 Å². The van der Waals surface area contributed by atoms with Gasteiger partial charge in [-0.15, -0.1) is 12.4 Å². The van der Waals surface area contributed by atoms with Crippen LogP contribution in [-0.4, -0.2) is 38.8 Å². The van der Waals surface area contributed by atoms with Crippen molar-refractivity contribution in [2.24, 2.45) is 0 Å². The maximum absolute atomic E-state index is 13.7. The second-order valence-corrected chi connectivity index (χ2v) is 4.44. The molecule has 21 heavy (non-hydrogen) atoms. The molecule has 2 N–H and O–H groups in total. The maximum Gasteiger partial charge on any atom is 0.226 e. The van der Waals surface area contributed by atoms with Gasteiger partial charge in [-0.2, -0.15) is 0 Å². The van der Waals surface area contributed by atoms with Gasteiger partial charge in [-0.1, -0.05) is 0 Å². The first-order chi connectivity index (χ1) is 9.60. The first kappa shape index (κ1) is 17.6. The highest BCUT2D eigenvalue weighted by Crippen LogP contribution is 2.24. The minimum absolute atomic E-state index is 0. The Labute approximate surface area is 127 Å². The third kappa shape index (κ3) is 4.80. The Morgan fingerprint density at radius 1 is 1.48 bits per heavy atom. The molecule has 1 amide bonds. The van der Waals surface area contributed by atoms with Crippen LogP contribution in [0, 0.1) is 11.6 Å². The van der Waals surface area contributed by atoms with Crippen LogP contribution in [0.4, 0.5) is 14.5 Å². The molecule has 5 nitrogen and oxygen atoms in total. The zero-order valence-corrected chi connectivity index (χ0v) is 12.3. The Balaban J connectivity index is 0.00000220. The normalized spacial score (nSPS) is 17.8. The number of hydrogen-bond acceptors (Lipinski definition) is 4. The summed E-state index contributed by atoms with van der Waals surface area (Å²) in [5.41, 5.74) is -0.204. The van der Waals surface area contributed by atoms with E-state index in [0.29, 0.717) is 19.8 Å². The molecule has 1 unspecified atom stereocenters. The molecule has 0 aromatic heterocycles. The van der Waals surface area contributed by atoms with E-state index in [1.165, 1.54) is 7.11 Å². The Morgan fingerprint density at radius 2 is 2.24 bits per heavy atom. The highest BCUT2D eigenvalue weighted by atomic mass is 35.5. The number of amides is 1. The number of hydrogen-bond donors (Lipinski definition) is 2. The van der Waals surface area contributed by atoms with E-state index in [1.54, 1.807) is 0 Å². The quantitative estimate of drug-likeness (QED) is 0.886. The maximum atomic E-state index is 13.7. The molecule has 8 heteroatoms. The van der Waals surface area contributed by atoms with Crippen molar-refractivity contribution in [1.82, 2.24) is 5.32 Å². The summed E-state index contributed by atoms with van der Waals surface area (Å²) in [7, 11) is 1.24. The van der Waals surface area contributed by atoms with Crippen LogP contribution in [0.1, 0.15) is 6.42 Å². The van der Waals surface area contributed by atoms with E-state index in [9.17, 15) is 13.6 Å². The topological polar surface area (TPSA) is 59.6 Å². The van der Waals surface area contributed by atoms with Crippen LogP contribution < -0.4 is 15.4 Å². The molecule has 0 saturated carbocycles. The van der Waals surface area contributed by atoms with Crippen molar-refractivity contribution >= 4 is 24.0 Å². The molecular formula is C13H17ClF2N2O3. The lowest BCUT2D eigenvalue weighted by Crippen LogP contribution is -2.43. The van der Waals surface area contributed by atoms with Gasteiger partial charge in [0.1, 0.15) is 0 Å². The summed E-state index contributed by atoms with van der Waals surface area (Å²) in [6.07, 6.45) is 0.132. The van der Waals surface area contributed by atoms with Crippen LogP contribution in [0.25, 0.3) is 0 Å². The number of rotatable bonds is 4. The highest BCUT2D eigenvalue weighted by molar-refractivity contribution is 5.91. The summed E-state index contributed by atoms with van der Waals surface area (Å²) >= 11 is 0. The SMILES string of the molecule is COc1cc(F)c(NC(=O)CC2COCCN2)cc1F.Cl. The third-order valence-corrected chi connectivity index (χ3v) is 2.95. The fourth-order valence-electron chi connectivity index (χ4n) is 1.96. The molecule has 0 aliphatic carbocycles. The number of benzene rings is 1. The van der Waals surface area contributed by atoms with Crippen molar-refractivity contribution in [2.45, 2.75) is 12.5 Å². The van der Waals surface area contributed by atoms with E-state index >= 15 is 0 Å². The molecule has 1 aliphatic rings. The molecular weight excluding hydrogens is 306 g/mol. The van der Waals surface area contributed by atoms with Crippen LogP contribution in [0.5, 0.6) is 5.75 Å². The molecule has 1 heterocycles. The molecule has 1 saturated heterocycles. The summed E-state index contributed by atoms with van der Waals surface area (Å²) in [4.78, 5) is 11.8. The lowest BCUT2D eigenvalue weighted by Gasteiger charge is -2.23. The van der Waals surface area contributed by atoms with Crippen molar-refractivity contribution in [2.75, 3.05) is 32.2 Å². The van der Waals surface area contributed by atoms with Crippen molar-refractivity contribution in [1.29, 1.82) is 0 Å². The van der Waals surface area contributed by atoms with Gasteiger partial charge in [0.15, 0.2) is 17.4 Å². The van der Waals surface area contributed by atoms with Crippen LogP contribution in [-0.2, 0) is 9.53 Å². The third-order valence-electron chi connectivity index (χ3n) is 2.95. The number of nitrogens with one attached hydrogen (secondary N) is 2. The van der Waals surface area contributed by atoms with Crippen molar-refractivity contribution in [3.63, 3.8) is 0 Å². The molecule has 1 fully saturated rings. The standard InChI is InChI=1S/C13H16F2N2O3.ClH/c1-19-12-6-9(14)11(5-10(12)15)17-13(18)4-8-7-20-3-2-16-8;/h5-6,8,16H,2-4,7H2,1H3,(H,17,18);1H. The second kappa shape index (κ2) is 8.11. The van der Waals surface area contributed by atoms with Gasteiger partial charge in [0.2, 0.25) is 5.91 Å². The smallest absolute Gasteiger partial charge is 0.226 e. The van der Waals surface area contributed by atoms with E-state index in [-0.39, 0.29) is 36.3 Å². The molecule has 0 spiro atoms. The van der Waals surface area contributed by atoms with Crippen molar-refractivity contribution in [3.8, 4) is 5.75 Å². The summed E-state index contributed by atoms with van der Waals surface area (Å²) in [6.45, 7) is 1.70. The fourth-order valence-corrected chi connectivity index (χ4v) is 1.96. The van der Waals surface area contributed by atoms with Gasteiger partial charge >= 0.3 is 0 Å². The molecule has 2 rings (SSSR count). The molecule has 1 aromatic rings. The number of morpholine rings is 1. The molecule has 0 radical (unpaired) electrons. The van der Waals surface area contributed by atoms with Crippen LogP contribution >= 0.6 is 12.4 Å². The number of carbonyl (C=O) groups excluding carboxylic acids is 1. The average molecular weight is 323 g/mol. The summed E-state index contributed by atoms with van der Waals surface area (Å²) in [5, 5.41) is 5.45. The van der Waals surface area contributed by atoms with Gasteiger partial charge < -0.3 is 20.1 Å². The zero-order chi connectivity index (χ0) is 14.5. The van der Waals surface area contributed by atoms with Gasteiger partial charge in [0, 0.05) is 31.1 Å². The predicted octanol–water partition coefficient (Wildman–Crippen LogP) is 1.71. The summed E-state index contributed by atoms with van der Waals surface area (Å²) in [5.74, 6) is -2.09. The van der Waals surface area contributed by atoms with Gasteiger partial charge in [0.05, 0.1) is 26.0 Å². The second-order valence-electron chi connectivity index (χ2n) is 4.44. The lowest BCUT2D eigenvalue weighted by molar-refractivity contribution is -0.117. The monoisotopic (exact) mass is 322 g/mol. The minimum Gasteiger partial charge on any atom is -0.494 e. The van der Waals surface area contributed by atoms with Gasteiger partial charge in [-0.25, -0.2) is 8.78 Å². The Kier molecular flexibility index (Phi) is 6.80. The number of halogens is 3. The Morgan fingerprint density at radius 3 is 2.86 bits per heavy atom. The average Bonchev–Trinajstić information content (AvgIpc) is 2.43. The molecule has 0 bridgehead atoms. The van der Waals surface area contributed by atoms with Crippen molar-refractivity contribution in [3.05, 3.63) is 23.8 Å². The molecule has 1 aliphatic heterocycles. The largest absolute Gasteiger partial charge is 0.494 e. The van der Waals surface area contributed by atoms with Crippen molar-refractivity contribution < 1.29 is 23.0 Å². The number of methoxy groups -OCH3 is 1. The zero-order valence-electron chi connectivity index (χ0n) is 11.4. The number of carbonyl (C=O) groups is 1. The highest BCUT2D eigenvalue weighted by Gasteiger charge is 2.18. The van der Waals surface area contributed by atoms with Crippen LogP contribution in [0.15, 0.2) is 12.1 Å². The van der Waals surface area contributed by atoms with Gasteiger partial charge in [-0.3, -0.25) is 4.79 Å². The van der Waals surface area contributed by atoms with Gasteiger partial charge in [-0.05, 0) is 0 Å². The summed E-state index contributed by atoms with van der Waals surface area (Å²) < 4.78 is 37.0. The van der Waals surface area contributed by atoms with Gasteiger partial charge in [0.25, 0.3) is 0 Å². The molecule has 118 valence electrons. The van der Waals surface area contributed by atoms with Crippen LogP contribution in [0.2, 0.25) is 0 Å². The van der Waals surface area contributed by atoms with Crippen LogP contribution in [0.3, 0.4) is 0 Å². The van der Waals surface area contributed by atoms with E-state index in [4.69, 9.17) is 4.74 Å². The lowest BCUT2D eigenvalue weighted by atomic mass is 10.2. The first-order valence-electron chi connectivity index (χ1n) is 6.24. The minimum atomic E-state index is -0.746.